The third kappa shape index (κ3) is 0.360. The van der Waals surface area contributed by atoms with Gasteiger partial charge in [-0.3, -0.25) is 0 Å². The molecule has 1 nitrogen and oxygen atoms in total. The molecular weight excluding hydrogens is 100 g/mol. The Kier molecular flexibility index (Phi) is 0.618. The molecule has 0 aromatic carbocycles. The monoisotopic (exact) mass is 105 g/mol. The highest BCUT2D eigenvalue weighted by atomic mass is 16.5. The number of hydrogen-bond donors (Lipinski definition) is 0. The SMILES string of the molecule is [C]1=C2OC=C2CC=C1. The Hall–Kier alpha value is -0.980. The van der Waals surface area contributed by atoms with E-state index < -0.39 is 0 Å². The van der Waals surface area contributed by atoms with Crippen molar-refractivity contribution in [1.82, 2.24) is 0 Å². The van der Waals surface area contributed by atoms with Crippen molar-refractivity contribution >= 4 is 0 Å². The third-order valence-electron chi connectivity index (χ3n) is 1.28. The van der Waals surface area contributed by atoms with Crippen molar-refractivity contribution in [2.75, 3.05) is 0 Å². The smallest absolute Gasteiger partial charge is 0.141 e. The lowest BCUT2D eigenvalue weighted by molar-refractivity contribution is 0.302. The van der Waals surface area contributed by atoms with Gasteiger partial charge < -0.3 is 4.74 Å². The zero-order valence-electron chi connectivity index (χ0n) is 4.35. The van der Waals surface area contributed by atoms with E-state index in [0.717, 1.165) is 12.2 Å². The van der Waals surface area contributed by atoms with E-state index in [-0.39, 0.29) is 0 Å². The Morgan fingerprint density at radius 2 is 2.62 bits per heavy atom. The quantitative estimate of drug-likeness (QED) is 0.454. The Bertz CT molecular complexity index is 196. The molecule has 0 N–H and O–H groups in total. The first-order valence-corrected chi connectivity index (χ1v) is 2.61. The number of rotatable bonds is 0. The van der Waals surface area contributed by atoms with Crippen LogP contribution < -0.4 is 0 Å². The standard InChI is InChI=1S/C7H5O/c1-2-4-7-6(3-1)5-8-7/h1-2,5H,3H2. The second-order valence-electron chi connectivity index (χ2n) is 1.84. The number of fused-ring (bicyclic) bond motifs is 1. The van der Waals surface area contributed by atoms with Gasteiger partial charge in [-0.15, -0.1) is 0 Å². The van der Waals surface area contributed by atoms with E-state index >= 15 is 0 Å². The molecule has 0 saturated carbocycles. The molecule has 0 spiro atoms. The molecule has 2 aliphatic rings. The lowest BCUT2D eigenvalue weighted by atomic mass is 10.1. The molecule has 2 rings (SSSR count). The van der Waals surface area contributed by atoms with Crippen molar-refractivity contribution < 1.29 is 4.74 Å². The topological polar surface area (TPSA) is 9.23 Å². The molecule has 0 unspecified atom stereocenters. The first-order valence-electron chi connectivity index (χ1n) is 2.61. The maximum Gasteiger partial charge on any atom is 0.141 e. The highest BCUT2D eigenvalue weighted by Gasteiger charge is 2.15. The molecule has 0 bridgehead atoms. The van der Waals surface area contributed by atoms with Crippen LogP contribution in [0.15, 0.2) is 29.7 Å². The van der Waals surface area contributed by atoms with Crippen molar-refractivity contribution in [2.45, 2.75) is 6.42 Å². The summed E-state index contributed by atoms with van der Waals surface area (Å²) in [5, 5.41) is 0. The highest BCUT2D eigenvalue weighted by Crippen LogP contribution is 2.27. The van der Waals surface area contributed by atoms with Crippen molar-refractivity contribution in [2.24, 2.45) is 0 Å². The molecule has 0 atom stereocenters. The summed E-state index contributed by atoms with van der Waals surface area (Å²) >= 11 is 0. The molecule has 0 amide bonds. The summed E-state index contributed by atoms with van der Waals surface area (Å²) in [7, 11) is 0. The molecule has 1 radical (unpaired) electrons. The minimum absolute atomic E-state index is 0.924. The maximum absolute atomic E-state index is 4.93. The zero-order chi connectivity index (χ0) is 5.40. The summed E-state index contributed by atoms with van der Waals surface area (Å²) < 4.78 is 4.93. The summed E-state index contributed by atoms with van der Waals surface area (Å²) in [5.74, 6) is 0.924. The van der Waals surface area contributed by atoms with Crippen LogP contribution in [0.5, 0.6) is 0 Å². The van der Waals surface area contributed by atoms with Gasteiger partial charge in [-0.1, -0.05) is 12.2 Å². The van der Waals surface area contributed by atoms with Gasteiger partial charge in [0.15, 0.2) is 0 Å². The molecule has 0 saturated heterocycles. The second kappa shape index (κ2) is 1.25. The van der Waals surface area contributed by atoms with Crippen molar-refractivity contribution in [3.63, 3.8) is 0 Å². The van der Waals surface area contributed by atoms with Crippen LogP contribution in [0.1, 0.15) is 6.42 Å². The van der Waals surface area contributed by atoms with Gasteiger partial charge in [0.2, 0.25) is 0 Å². The Morgan fingerprint density at radius 3 is 3.00 bits per heavy atom. The fourth-order valence-electron chi connectivity index (χ4n) is 0.789. The van der Waals surface area contributed by atoms with Crippen LogP contribution in [0.2, 0.25) is 0 Å². The van der Waals surface area contributed by atoms with E-state index in [1.165, 1.54) is 5.57 Å². The molecule has 0 fully saturated rings. The number of ether oxygens (including phenoxy) is 1. The van der Waals surface area contributed by atoms with Gasteiger partial charge in [0.25, 0.3) is 0 Å². The fraction of sp³-hybridized carbons (Fsp3) is 0.143. The van der Waals surface area contributed by atoms with Crippen LogP contribution in [0.3, 0.4) is 0 Å². The van der Waals surface area contributed by atoms with Crippen molar-refractivity contribution in [3.8, 4) is 0 Å². The van der Waals surface area contributed by atoms with Crippen molar-refractivity contribution in [3.05, 3.63) is 35.8 Å². The summed E-state index contributed by atoms with van der Waals surface area (Å²) in [6.07, 6.45) is 9.71. The molecule has 39 valence electrons. The van der Waals surface area contributed by atoms with Gasteiger partial charge in [-0.2, -0.15) is 0 Å². The average molecular weight is 105 g/mol. The van der Waals surface area contributed by atoms with Gasteiger partial charge in [-0.25, -0.2) is 0 Å². The number of hydrogen-bond acceptors (Lipinski definition) is 1. The highest BCUT2D eigenvalue weighted by molar-refractivity contribution is 5.36. The van der Waals surface area contributed by atoms with Crippen LogP contribution in [0, 0.1) is 6.08 Å². The average Bonchev–Trinajstić information content (AvgIpc) is 1.72. The largest absolute Gasteiger partial charge is 0.463 e. The minimum atomic E-state index is 0.924. The Labute approximate surface area is 48.0 Å². The van der Waals surface area contributed by atoms with Gasteiger partial charge in [0.1, 0.15) is 5.76 Å². The predicted molar refractivity (Wildman–Crippen MR) is 29.7 cm³/mol. The molecule has 1 aliphatic heterocycles. The lowest BCUT2D eigenvalue weighted by Gasteiger charge is -2.19. The molecule has 0 aromatic heterocycles. The Morgan fingerprint density at radius 1 is 1.62 bits per heavy atom. The van der Waals surface area contributed by atoms with E-state index in [1.807, 2.05) is 6.08 Å². The van der Waals surface area contributed by atoms with Crippen LogP contribution in [0.25, 0.3) is 0 Å². The van der Waals surface area contributed by atoms with E-state index in [1.54, 1.807) is 6.26 Å². The maximum atomic E-state index is 4.93. The van der Waals surface area contributed by atoms with Crippen LogP contribution in [0.4, 0.5) is 0 Å². The Balaban J connectivity index is 2.41. The molecular formula is C7H5O. The first kappa shape index (κ1) is 3.96. The molecule has 8 heavy (non-hydrogen) atoms. The normalized spacial score (nSPS) is 22.0. The summed E-state index contributed by atoms with van der Waals surface area (Å²) in [6, 6.07) is 0. The fourth-order valence-corrected chi connectivity index (χ4v) is 0.789. The molecule has 0 aromatic rings. The minimum Gasteiger partial charge on any atom is -0.463 e. The van der Waals surface area contributed by atoms with Crippen LogP contribution >= 0.6 is 0 Å². The van der Waals surface area contributed by atoms with Crippen LogP contribution in [-0.4, -0.2) is 0 Å². The number of allylic oxidation sites excluding steroid dienone is 4. The molecule has 1 heteroatoms. The lowest BCUT2D eigenvalue weighted by Crippen LogP contribution is -2.04. The van der Waals surface area contributed by atoms with Gasteiger partial charge >= 0.3 is 0 Å². The van der Waals surface area contributed by atoms with E-state index in [0.29, 0.717) is 0 Å². The molecule has 1 aliphatic carbocycles. The summed E-state index contributed by atoms with van der Waals surface area (Å²) in [5.41, 5.74) is 1.27. The first-order chi connectivity index (χ1) is 3.97. The summed E-state index contributed by atoms with van der Waals surface area (Å²) in [6.45, 7) is 0. The zero-order valence-corrected chi connectivity index (χ0v) is 4.35. The van der Waals surface area contributed by atoms with Gasteiger partial charge in [0, 0.05) is 11.6 Å². The third-order valence-corrected chi connectivity index (χ3v) is 1.28. The second-order valence-corrected chi connectivity index (χ2v) is 1.84. The predicted octanol–water partition coefficient (Wildman–Crippen LogP) is 1.55. The van der Waals surface area contributed by atoms with E-state index in [9.17, 15) is 0 Å². The molecule has 1 heterocycles. The van der Waals surface area contributed by atoms with Crippen LogP contribution in [-0.2, 0) is 4.74 Å². The van der Waals surface area contributed by atoms with Gasteiger partial charge in [0.05, 0.1) is 6.26 Å². The van der Waals surface area contributed by atoms with Crippen molar-refractivity contribution in [1.29, 1.82) is 0 Å². The van der Waals surface area contributed by atoms with Gasteiger partial charge in [-0.05, 0) is 6.42 Å². The van der Waals surface area contributed by atoms with E-state index in [2.05, 4.69) is 12.2 Å². The van der Waals surface area contributed by atoms with E-state index in [4.69, 9.17) is 4.74 Å². The summed E-state index contributed by atoms with van der Waals surface area (Å²) in [4.78, 5) is 0.